The summed E-state index contributed by atoms with van der Waals surface area (Å²) in [5.74, 6) is 1.11. The summed E-state index contributed by atoms with van der Waals surface area (Å²) in [6, 6.07) is 16.9. The molecule has 0 aliphatic rings. The van der Waals surface area contributed by atoms with Crippen LogP contribution in [0.2, 0.25) is 0 Å². The average molecular weight is 294 g/mol. The van der Waals surface area contributed by atoms with Crippen LogP contribution in [0.1, 0.15) is 23.4 Å². The second kappa shape index (κ2) is 6.75. The number of aliphatic hydroxyl groups is 1. The Kier molecular flexibility index (Phi) is 4.54. The summed E-state index contributed by atoms with van der Waals surface area (Å²) < 4.78 is 2.25. The van der Waals surface area contributed by atoms with Gasteiger partial charge in [-0.15, -0.1) is 0 Å². The molecule has 0 unspecified atom stereocenters. The van der Waals surface area contributed by atoms with E-state index in [9.17, 15) is 0 Å². The van der Waals surface area contributed by atoms with Gasteiger partial charge in [-0.25, -0.2) is 4.98 Å². The largest absolute Gasteiger partial charge is 0.396 e. The predicted octanol–water partition coefficient (Wildman–Crippen LogP) is 3.51. The Labute approximate surface area is 131 Å². The molecule has 0 aliphatic heterocycles. The van der Waals surface area contributed by atoms with Gasteiger partial charge in [0.15, 0.2) is 0 Å². The highest BCUT2D eigenvalue weighted by molar-refractivity contribution is 5.75. The first-order valence-electron chi connectivity index (χ1n) is 7.88. The number of para-hydroxylation sites is 2. The molecule has 0 fully saturated rings. The Morgan fingerprint density at radius 3 is 2.55 bits per heavy atom. The van der Waals surface area contributed by atoms with Gasteiger partial charge in [0, 0.05) is 19.6 Å². The van der Waals surface area contributed by atoms with Crippen LogP contribution in [0.3, 0.4) is 0 Å². The summed E-state index contributed by atoms with van der Waals surface area (Å²) in [6.45, 7) is 3.14. The summed E-state index contributed by atoms with van der Waals surface area (Å²) in [7, 11) is 0. The van der Waals surface area contributed by atoms with E-state index in [1.165, 1.54) is 11.1 Å². The first-order valence-corrected chi connectivity index (χ1v) is 7.88. The topological polar surface area (TPSA) is 38.0 Å². The molecule has 3 aromatic rings. The molecule has 3 rings (SSSR count). The third-order valence-corrected chi connectivity index (χ3v) is 4.03. The highest BCUT2D eigenvalue weighted by Crippen LogP contribution is 2.18. The van der Waals surface area contributed by atoms with E-state index in [0.717, 1.165) is 42.7 Å². The molecule has 1 aromatic heterocycles. The van der Waals surface area contributed by atoms with Crippen LogP contribution in [-0.2, 0) is 19.4 Å². The molecule has 1 N–H and O–H groups in total. The van der Waals surface area contributed by atoms with Crippen molar-refractivity contribution < 1.29 is 5.11 Å². The van der Waals surface area contributed by atoms with Crippen molar-refractivity contribution in [3.8, 4) is 0 Å². The SMILES string of the molecule is Cc1ccc(CCc2nc3ccccc3n2CCCO)cc1. The van der Waals surface area contributed by atoms with Gasteiger partial charge in [0.05, 0.1) is 11.0 Å². The zero-order valence-corrected chi connectivity index (χ0v) is 13.0. The minimum Gasteiger partial charge on any atom is -0.396 e. The number of rotatable bonds is 6. The molecule has 1 heterocycles. The Balaban J connectivity index is 1.83. The lowest BCUT2D eigenvalue weighted by Gasteiger charge is -2.08. The normalized spacial score (nSPS) is 11.2. The van der Waals surface area contributed by atoms with Crippen molar-refractivity contribution >= 4 is 11.0 Å². The number of hydrogen-bond donors (Lipinski definition) is 1. The fourth-order valence-electron chi connectivity index (χ4n) is 2.81. The number of aromatic nitrogens is 2. The van der Waals surface area contributed by atoms with Gasteiger partial charge in [-0.05, 0) is 37.5 Å². The highest BCUT2D eigenvalue weighted by Gasteiger charge is 2.10. The zero-order valence-electron chi connectivity index (χ0n) is 13.0. The van der Waals surface area contributed by atoms with E-state index in [-0.39, 0.29) is 6.61 Å². The molecule has 3 heteroatoms. The van der Waals surface area contributed by atoms with E-state index in [1.807, 2.05) is 12.1 Å². The van der Waals surface area contributed by atoms with Crippen molar-refractivity contribution in [3.63, 3.8) is 0 Å². The lowest BCUT2D eigenvalue weighted by atomic mass is 10.1. The highest BCUT2D eigenvalue weighted by atomic mass is 16.3. The molecule has 114 valence electrons. The second-order valence-electron chi connectivity index (χ2n) is 5.73. The second-order valence-corrected chi connectivity index (χ2v) is 5.73. The summed E-state index contributed by atoms with van der Waals surface area (Å²) in [4.78, 5) is 4.78. The maximum absolute atomic E-state index is 9.13. The fourth-order valence-corrected chi connectivity index (χ4v) is 2.81. The van der Waals surface area contributed by atoms with Gasteiger partial charge in [-0.2, -0.15) is 0 Å². The van der Waals surface area contributed by atoms with Crippen LogP contribution in [0.25, 0.3) is 11.0 Å². The van der Waals surface area contributed by atoms with Gasteiger partial charge in [-0.3, -0.25) is 0 Å². The van der Waals surface area contributed by atoms with Crippen molar-refractivity contribution in [2.45, 2.75) is 32.7 Å². The lowest BCUT2D eigenvalue weighted by Crippen LogP contribution is -2.06. The molecule has 0 amide bonds. The van der Waals surface area contributed by atoms with Crippen molar-refractivity contribution in [1.82, 2.24) is 9.55 Å². The molecule has 3 nitrogen and oxygen atoms in total. The number of aliphatic hydroxyl groups excluding tert-OH is 1. The van der Waals surface area contributed by atoms with E-state index in [0.29, 0.717) is 0 Å². The van der Waals surface area contributed by atoms with E-state index < -0.39 is 0 Å². The van der Waals surface area contributed by atoms with Crippen LogP contribution in [0, 0.1) is 6.92 Å². The van der Waals surface area contributed by atoms with Crippen molar-refractivity contribution in [2.24, 2.45) is 0 Å². The number of aryl methyl sites for hydroxylation is 4. The van der Waals surface area contributed by atoms with E-state index in [2.05, 4.69) is 47.9 Å². The number of imidazole rings is 1. The van der Waals surface area contributed by atoms with Gasteiger partial charge in [0.1, 0.15) is 5.82 Å². The summed E-state index contributed by atoms with van der Waals surface area (Å²) >= 11 is 0. The molecule has 0 saturated heterocycles. The van der Waals surface area contributed by atoms with Crippen molar-refractivity contribution in [1.29, 1.82) is 0 Å². The smallest absolute Gasteiger partial charge is 0.110 e. The van der Waals surface area contributed by atoms with Gasteiger partial charge in [0.25, 0.3) is 0 Å². The van der Waals surface area contributed by atoms with E-state index in [4.69, 9.17) is 10.1 Å². The van der Waals surface area contributed by atoms with Gasteiger partial charge in [-0.1, -0.05) is 42.0 Å². The first-order chi connectivity index (χ1) is 10.8. The molecule has 22 heavy (non-hydrogen) atoms. The molecule has 0 spiro atoms. The minimum atomic E-state index is 0.212. The summed E-state index contributed by atoms with van der Waals surface area (Å²) in [6.07, 6.45) is 2.67. The molecule has 0 saturated carbocycles. The monoisotopic (exact) mass is 294 g/mol. The molecule has 0 bridgehead atoms. The molecule has 2 aromatic carbocycles. The maximum atomic E-state index is 9.13. The Morgan fingerprint density at radius 1 is 1.00 bits per heavy atom. The standard InChI is InChI=1S/C19H22N2O/c1-15-7-9-16(10-8-15)11-12-19-20-17-5-2-3-6-18(17)21(19)13-4-14-22/h2-3,5-10,22H,4,11-14H2,1H3. The molecule has 0 atom stereocenters. The average Bonchev–Trinajstić information content (AvgIpc) is 2.90. The molecular weight excluding hydrogens is 272 g/mol. The third-order valence-electron chi connectivity index (χ3n) is 4.03. The quantitative estimate of drug-likeness (QED) is 0.755. The number of fused-ring (bicyclic) bond motifs is 1. The van der Waals surface area contributed by atoms with Crippen LogP contribution in [0.5, 0.6) is 0 Å². The van der Waals surface area contributed by atoms with Crippen LogP contribution in [0.15, 0.2) is 48.5 Å². The van der Waals surface area contributed by atoms with Gasteiger partial charge >= 0.3 is 0 Å². The maximum Gasteiger partial charge on any atom is 0.110 e. The Bertz CT molecular complexity index is 744. The Hall–Kier alpha value is -2.13. The minimum absolute atomic E-state index is 0.212. The number of benzene rings is 2. The number of nitrogens with zero attached hydrogens (tertiary/aromatic N) is 2. The summed E-state index contributed by atoms with van der Waals surface area (Å²) in [5, 5.41) is 9.13. The van der Waals surface area contributed by atoms with Crippen molar-refractivity contribution in [2.75, 3.05) is 6.61 Å². The van der Waals surface area contributed by atoms with Crippen molar-refractivity contribution in [3.05, 3.63) is 65.5 Å². The molecule has 0 aliphatic carbocycles. The predicted molar refractivity (Wildman–Crippen MR) is 90.0 cm³/mol. The zero-order chi connectivity index (χ0) is 15.4. The van der Waals surface area contributed by atoms with Gasteiger partial charge < -0.3 is 9.67 Å². The third kappa shape index (κ3) is 3.20. The number of hydrogen-bond acceptors (Lipinski definition) is 2. The van der Waals surface area contributed by atoms with Crippen LogP contribution in [0.4, 0.5) is 0 Å². The van der Waals surface area contributed by atoms with Crippen LogP contribution in [-0.4, -0.2) is 21.3 Å². The first kappa shape index (κ1) is 14.8. The van der Waals surface area contributed by atoms with E-state index in [1.54, 1.807) is 0 Å². The van der Waals surface area contributed by atoms with E-state index >= 15 is 0 Å². The van der Waals surface area contributed by atoms with Crippen LogP contribution < -0.4 is 0 Å². The fraction of sp³-hybridized carbons (Fsp3) is 0.316. The molecular formula is C19H22N2O. The van der Waals surface area contributed by atoms with Crippen LogP contribution >= 0.6 is 0 Å². The summed E-state index contributed by atoms with van der Waals surface area (Å²) in [5.41, 5.74) is 4.83. The lowest BCUT2D eigenvalue weighted by molar-refractivity contribution is 0.280. The molecule has 0 radical (unpaired) electrons. The Morgan fingerprint density at radius 2 is 1.77 bits per heavy atom. The van der Waals surface area contributed by atoms with Gasteiger partial charge in [0.2, 0.25) is 0 Å².